The summed E-state index contributed by atoms with van der Waals surface area (Å²) in [6, 6.07) is 3.83. The highest BCUT2D eigenvalue weighted by atomic mass is 19.2. The number of halogens is 2. The normalized spacial score (nSPS) is 15.3. The molecule has 2 aromatic heterocycles. The fraction of sp³-hybridized carbons (Fsp3) is 0.250. The van der Waals surface area contributed by atoms with Gasteiger partial charge in [0, 0.05) is 31.0 Å². The summed E-state index contributed by atoms with van der Waals surface area (Å²) in [4.78, 5) is 11.0. The summed E-state index contributed by atoms with van der Waals surface area (Å²) in [5.41, 5.74) is 1.94. The number of ether oxygens (including phenoxy) is 1. The average Bonchev–Trinajstić information content (AvgIpc) is 3.02. The monoisotopic (exact) mass is 316 g/mol. The molecule has 0 amide bonds. The van der Waals surface area contributed by atoms with Crippen molar-refractivity contribution in [3.05, 3.63) is 48.4 Å². The van der Waals surface area contributed by atoms with E-state index in [9.17, 15) is 8.78 Å². The highest BCUT2D eigenvalue weighted by Crippen LogP contribution is 2.26. The summed E-state index contributed by atoms with van der Waals surface area (Å²) >= 11 is 0. The summed E-state index contributed by atoms with van der Waals surface area (Å²) in [5, 5.41) is 0. The Morgan fingerprint density at radius 2 is 1.87 bits per heavy atom. The van der Waals surface area contributed by atoms with E-state index in [2.05, 4.69) is 14.9 Å². The van der Waals surface area contributed by atoms with E-state index < -0.39 is 11.6 Å². The Morgan fingerprint density at radius 3 is 2.65 bits per heavy atom. The summed E-state index contributed by atoms with van der Waals surface area (Å²) in [5.74, 6) is -0.970. The number of morpholine rings is 1. The van der Waals surface area contributed by atoms with Crippen LogP contribution in [0, 0.1) is 11.6 Å². The fourth-order valence-corrected chi connectivity index (χ4v) is 2.77. The lowest BCUT2D eigenvalue weighted by molar-refractivity contribution is 0.122. The van der Waals surface area contributed by atoms with Crippen molar-refractivity contribution in [2.24, 2.45) is 0 Å². The largest absolute Gasteiger partial charge is 0.378 e. The third kappa shape index (κ3) is 2.43. The maximum atomic E-state index is 13.5. The van der Waals surface area contributed by atoms with E-state index >= 15 is 0 Å². The number of hydrogen-bond acceptors (Lipinski definition) is 4. The zero-order valence-electron chi connectivity index (χ0n) is 12.2. The smallest absolute Gasteiger partial charge is 0.180 e. The van der Waals surface area contributed by atoms with Gasteiger partial charge in [0.15, 0.2) is 23.1 Å². The van der Waals surface area contributed by atoms with Crippen molar-refractivity contribution < 1.29 is 13.5 Å². The molecule has 0 unspecified atom stereocenters. The Morgan fingerprint density at radius 1 is 1.04 bits per heavy atom. The molecule has 1 aromatic carbocycles. The van der Waals surface area contributed by atoms with Crippen LogP contribution in [0.5, 0.6) is 0 Å². The highest BCUT2D eigenvalue weighted by molar-refractivity contribution is 5.71. The van der Waals surface area contributed by atoms with Crippen molar-refractivity contribution in [2.75, 3.05) is 31.2 Å². The van der Waals surface area contributed by atoms with Gasteiger partial charge in [-0.15, -0.1) is 0 Å². The molecule has 118 valence electrons. The summed E-state index contributed by atoms with van der Waals surface area (Å²) < 4.78 is 33.8. The van der Waals surface area contributed by atoms with E-state index in [1.807, 2.05) is 4.40 Å². The van der Waals surface area contributed by atoms with Gasteiger partial charge in [-0.2, -0.15) is 0 Å². The van der Waals surface area contributed by atoms with E-state index in [-0.39, 0.29) is 0 Å². The minimum absolute atomic E-state index is 0.565. The predicted octanol–water partition coefficient (Wildman–Crippen LogP) is 2.51. The summed E-state index contributed by atoms with van der Waals surface area (Å²) in [6.07, 6.45) is 5.10. The molecule has 0 bridgehead atoms. The molecule has 0 saturated carbocycles. The maximum Gasteiger partial charge on any atom is 0.180 e. The number of hydrogen-bond donors (Lipinski definition) is 0. The molecule has 0 aliphatic carbocycles. The van der Waals surface area contributed by atoms with Gasteiger partial charge in [-0.25, -0.2) is 18.7 Å². The molecule has 1 saturated heterocycles. The first-order valence-corrected chi connectivity index (χ1v) is 7.34. The van der Waals surface area contributed by atoms with Crippen LogP contribution in [-0.2, 0) is 4.74 Å². The average molecular weight is 316 g/mol. The first kappa shape index (κ1) is 14.1. The number of fused-ring (bicyclic) bond motifs is 1. The van der Waals surface area contributed by atoms with Gasteiger partial charge >= 0.3 is 0 Å². The first-order chi connectivity index (χ1) is 11.2. The van der Waals surface area contributed by atoms with Crippen molar-refractivity contribution in [2.45, 2.75) is 0 Å². The van der Waals surface area contributed by atoms with Crippen LogP contribution in [-0.4, -0.2) is 40.7 Å². The molecule has 0 atom stereocenters. The van der Waals surface area contributed by atoms with Gasteiger partial charge in [0.1, 0.15) is 0 Å². The highest BCUT2D eigenvalue weighted by Gasteiger charge is 2.18. The maximum absolute atomic E-state index is 13.5. The second-order valence-electron chi connectivity index (χ2n) is 5.32. The number of nitrogens with zero attached hydrogens (tertiary/aromatic N) is 4. The molecule has 0 spiro atoms. The van der Waals surface area contributed by atoms with Crippen molar-refractivity contribution in [3.63, 3.8) is 0 Å². The molecule has 5 nitrogen and oxygen atoms in total. The standard InChI is InChI=1S/C16H14F2N4O/c17-12-2-1-11(9-13(12)18)14-10-20-16-15(19-3-4-22(14)16)21-5-7-23-8-6-21/h1-4,9-10H,5-8H2. The second-order valence-corrected chi connectivity index (χ2v) is 5.32. The van der Waals surface area contributed by atoms with Crippen LogP contribution in [0.15, 0.2) is 36.8 Å². The minimum Gasteiger partial charge on any atom is -0.378 e. The molecular formula is C16H14F2N4O. The topological polar surface area (TPSA) is 42.7 Å². The van der Waals surface area contributed by atoms with E-state index in [0.717, 1.165) is 25.0 Å². The van der Waals surface area contributed by atoms with Crippen LogP contribution in [0.2, 0.25) is 0 Å². The van der Waals surface area contributed by atoms with Crippen LogP contribution in [0.1, 0.15) is 0 Å². The zero-order chi connectivity index (χ0) is 15.8. The van der Waals surface area contributed by atoms with Crippen molar-refractivity contribution in [1.29, 1.82) is 0 Å². The van der Waals surface area contributed by atoms with Gasteiger partial charge in [0.05, 0.1) is 25.1 Å². The quantitative estimate of drug-likeness (QED) is 0.728. The van der Waals surface area contributed by atoms with Crippen LogP contribution < -0.4 is 4.90 Å². The third-order valence-electron chi connectivity index (χ3n) is 3.94. The van der Waals surface area contributed by atoms with Gasteiger partial charge in [-0.3, -0.25) is 4.40 Å². The van der Waals surface area contributed by atoms with Gasteiger partial charge in [0.25, 0.3) is 0 Å². The molecule has 4 rings (SSSR count). The number of rotatable bonds is 2. The third-order valence-corrected chi connectivity index (χ3v) is 3.94. The van der Waals surface area contributed by atoms with Gasteiger partial charge < -0.3 is 9.64 Å². The number of imidazole rings is 1. The predicted molar refractivity (Wildman–Crippen MR) is 81.4 cm³/mol. The lowest BCUT2D eigenvalue weighted by Gasteiger charge is -2.27. The zero-order valence-corrected chi connectivity index (χ0v) is 12.2. The molecule has 1 aliphatic heterocycles. The van der Waals surface area contributed by atoms with Crippen molar-refractivity contribution >= 4 is 11.5 Å². The van der Waals surface area contributed by atoms with E-state index in [1.165, 1.54) is 12.1 Å². The number of benzene rings is 1. The minimum atomic E-state index is -0.875. The summed E-state index contributed by atoms with van der Waals surface area (Å²) in [7, 11) is 0. The fourth-order valence-electron chi connectivity index (χ4n) is 2.77. The van der Waals surface area contributed by atoms with Crippen molar-refractivity contribution in [3.8, 4) is 11.3 Å². The molecule has 3 heterocycles. The van der Waals surface area contributed by atoms with E-state index in [4.69, 9.17) is 4.74 Å². The number of aromatic nitrogens is 3. The molecule has 1 aliphatic rings. The lowest BCUT2D eigenvalue weighted by atomic mass is 10.1. The lowest BCUT2D eigenvalue weighted by Crippen LogP contribution is -2.37. The van der Waals surface area contributed by atoms with Crippen LogP contribution in [0.4, 0.5) is 14.6 Å². The molecule has 1 fully saturated rings. The molecular weight excluding hydrogens is 302 g/mol. The molecule has 7 heteroatoms. The van der Waals surface area contributed by atoms with Gasteiger partial charge in [0.2, 0.25) is 0 Å². The van der Waals surface area contributed by atoms with E-state index in [0.29, 0.717) is 30.1 Å². The van der Waals surface area contributed by atoms with Crippen LogP contribution in [0.3, 0.4) is 0 Å². The van der Waals surface area contributed by atoms with Crippen LogP contribution in [0.25, 0.3) is 16.9 Å². The van der Waals surface area contributed by atoms with Gasteiger partial charge in [-0.1, -0.05) is 0 Å². The van der Waals surface area contributed by atoms with E-state index in [1.54, 1.807) is 18.6 Å². The Hall–Kier alpha value is -2.54. The van der Waals surface area contributed by atoms with Gasteiger partial charge in [-0.05, 0) is 18.2 Å². The summed E-state index contributed by atoms with van der Waals surface area (Å²) in [6.45, 7) is 2.80. The Kier molecular flexibility index (Phi) is 3.42. The Balaban J connectivity index is 1.82. The number of anilines is 1. The van der Waals surface area contributed by atoms with Crippen LogP contribution >= 0.6 is 0 Å². The Bertz CT molecular complexity index is 858. The second kappa shape index (κ2) is 5.58. The Labute approximate surface area is 131 Å². The molecule has 0 N–H and O–H groups in total. The first-order valence-electron chi connectivity index (χ1n) is 7.34. The molecule has 23 heavy (non-hydrogen) atoms. The molecule has 3 aromatic rings. The molecule has 0 radical (unpaired) electrons. The van der Waals surface area contributed by atoms with Crippen molar-refractivity contribution in [1.82, 2.24) is 14.4 Å². The SMILES string of the molecule is Fc1ccc(-c2cnc3c(N4CCOCC4)nccn23)cc1F.